The van der Waals surface area contributed by atoms with E-state index < -0.39 is 12.0 Å². The molecule has 1 atom stereocenters. The van der Waals surface area contributed by atoms with E-state index in [1.165, 1.54) is 0 Å². The molecule has 0 aliphatic rings. The number of fused-ring (bicyclic) bond motifs is 1. The summed E-state index contributed by atoms with van der Waals surface area (Å²) in [5, 5.41) is 12.1. The molecule has 6 heteroatoms. The third kappa shape index (κ3) is 2.58. The lowest BCUT2D eigenvalue weighted by atomic mass is 10.2. The van der Waals surface area contributed by atoms with Gasteiger partial charge in [-0.05, 0) is 12.1 Å². The summed E-state index contributed by atoms with van der Waals surface area (Å²) < 4.78 is 1.76. The third-order valence-corrected chi connectivity index (χ3v) is 2.98. The Morgan fingerprint density at radius 3 is 2.74 bits per heavy atom. The first kappa shape index (κ1) is 13.1. The molecule has 1 aromatic carbocycles. The van der Waals surface area contributed by atoms with Crippen LogP contribution in [0.2, 0.25) is 0 Å². The summed E-state index contributed by atoms with van der Waals surface area (Å²) in [5.41, 5.74) is 6.75. The van der Waals surface area contributed by atoms with Crippen molar-refractivity contribution in [3.63, 3.8) is 0 Å². The quantitative estimate of drug-likeness (QED) is 0.738. The van der Waals surface area contributed by atoms with Crippen LogP contribution in [0.3, 0.4) is 0 Å². The van der Waals surface area contributed by atoms with Crippen molar-refractivity contribution in [1.82, 2.24) is 9.88 Å². The summed E-state index contributed by atoms with van der Waals surface area (Å²) in [6, 6.07) is 8.27. The van der Waals surface area contributed by atoms with Crippen LogP contribution in [0.25, 0.3) is 10.9 Å². The van der Waals surface area contributed by atoms with Crippen LogP contribution >= 0.6 is 0 Å². The van der Waals surface area contributed by atoms with Gasteiger partial charge in [-0.25, -0.2) is 0 Å². The number of para-hydroxylation sites is 1. The lowest BCUT2D eigenvalue weighted by Gasteiger charge is -2.09. The number of hydrogen-bond donors (Lipinski definition) is 3. The molecule has 0 aliphatic heterocycles. The fraction of sp³-hybridized carbons (Fsp3) is 0.231. The summed E-state index contributed by atoms with van der Waals surface area (Å²) in [6.45, 7) is -0.101. The van der Waals surface area contributed by atoms with E-state index in [-0.39, 0.29) is 12.5 Å². The molecule has 6 nitrogen and oxygen atoms in total. The summed E-state index contributed by atoms with van der Waals surface area (Å²) >= 11 is 0. The number of carboxylic acids is 1. The van der Waals surface area contributed by atoms with Crippen molar-refractivity contribution in [1.29, 1.82) is 0 Å². The van der Waals surface area contributed by atoms with Crippen LogP contribution in [0.4, 0.5) is 0 Å². The number of benzene rings is 1. The van der Waals surface area contributed by atoms with Crippen molar-refractivity contribution < 1.29 is 14.7 Å². The van der Waals surface area contributed by atoms with Gasteiger partial charge < -0.3 is 20.7 Å². The van der Waals surface area contributed by atoms with Gasteiger partial charge in [0, 0.05) is 24.5 Å². The summed E-state index contributed by atoms with van der Waals surface area (Å²) in [5.74, 6) is -1.48. The number of carbonyl (C=O) groups excluding carboxylic acids is 1. The zero-order chi connectivity index (χ0) is 14.0. The smallest absolute Gasteiger partial charge is 0.322 e. The minimum atomic E-state index is -1.14. The molecule has 19 heavy (non-hydrogen) atoms. The van der Waals surface area contributed by atoms with Gasteiger partial charge in [-0.1, -0.05) is 18.2 Å². The molecule has 0 radical (unpaired) electrons. The number of carboxylic acid groups (broad SMARTS) is 1. The summed E-state index contributed by atoms with van der Waals surface area (Å²) in [7, 11) is 1.79. The predicted molar refractivity (Wildman–Crippen MR) is 70.9 cm³/mol. The number of nitrogens with zero attached hydrogens (tertiary/aromatic N) is 1. The molecular formula is C13H15N3O3. The standard InChI is InChI=1S/C13H15N3O3/c1-16-10-5-3-2-4-8(10)6-11(16)12(17)15-7-9(14)13(18)19/h2-6,9H,7,14H2,1H3,(H,15,17)(H,18,19)/t9-/m0/s1. The van der Waals surface area contributed by atoms with Crippen molar-refractivity contribution in [2.45, 2.75) is 6.04 Å². The molecule has 4 N–H and O–H groups in total. The van der Waals surface area contributed by atoms with Gasteiger partial charge in [0.25, 0.3) is 5.91 Å². The van der Waals surface area contributed by atoms with Gasteiger partial charge in [-0.3, -0.25) is 9.59 Å². The molecular weight excluding hydrogens is 246 g/mol. The van der Waals surface area contributed by atoms with E-state index in [0.717, 1.165) is 10.9 Å². The maximum absolute atomic E-state index is 12.0. The Labute approximate surface area is 109 Å². The van der Waals surface area contributed by atoms with Crippen LogP contribution < -0.4 is 11.1 Å². The molecule has 0 spiro atoms. The van der Waals surface area contributed by atoms with Crippen LogP contribution in [-0.4, -0.2) is 34.1 Å². The summed E-state index contributed by atoms with van der Waals surface area (Å²) in [4.78, 5) is 22.6. The van der Waals surface area contributed by atoms with E-state index in [0.29, 0.717) is 5.69 Å². The zero-order valence-corrected chi connectivity index (χ0v) is 10.5. The highest BCUT2D eigenvalue weighted by Gasteiger charge is 2.16. The number of aryl methyl sites for hydroxylation is 1. The van der Waals surface area contributed by atoms with Crippen molar-refractivity contribution in [3.05, 3.63) is 36.0 Å². The molecule has 1 amide bonds. The lowest BCUT2D eigenvalue weighted by Crippen LogP contribution is -2.42. The fourth-order valence-corrected chi connectivity index (χ4v) is 1.89. The van der Waals surface area contributed by atoms with Crippen LogP contribution in [-0.2, 0) is 11.8 Å². The van der Waals surface area contributed by atoms with Crippen molar-refractivity contribution in [2.24, 2.45) is 12.8 Å². The monoisotopic (exact) mass is 261 g/mol. The molecule has 2 aromatic rings. The molecule has 0 saturated heterocycles. The molecule has 0 saturated carbocycles. The van der Waals surface area contributed by atoms with Crippen molar-refractivity contribution in [2.75, 3.05) is 6.54 Å². The second-order valence-electron chi connectivity index (χ2n) is 4.30. The number of aliphatic carboxylic acids is 1. The molecule has 2 rings (SSSR count). The second kappa shape index (κ2) is 5.11. The van der Waals surface area contributed by atoms with Crippen molar-refractivity contribution >= 4 is 22.8 Å². The van der Waals surface area contributed by atoms with Gasteiger partial charge in [-0.2, -0.15) is 0 Å². The minimum absolute atomic E-state index is 0.101. The van der Waals surface area contributed by atoms with E-state index in [1.807, 2.05) is 24.3 Å². The first-order chi connectivity index (χ1) is 9.00. The average molecular weight is 261 g/mol. The van der Waals surface area contributed by atoms with E-state index in [2.05, 4.69) is 5.32 Å². The molecule has 0 fully saturated rings. The first-order valence-electron chi connectivity index (χ1n) is 5.81. The predicted octanol–water partition coefficient (Wildman–Crippen LogP) is 0.320. The topological polar surface area (TPSA) is 97.4 Å². The Kier molecular flexibility index (Phi) is 3.52. The molecule has 1 aromatic heterocycles. The van der Waals surface area contributed by atoms with Crippen LogP contribution in [0.5, 0.6) is 0 Å². The minimum Gasteiger partial charge on any atom is -0.480 e. The van der Waals surface area contributed by atoms with Gasteiger partial charge in [0.2, 0.25) is 0 Å². The Hall–Kier alpha value is -2.34. The van der Waals surface area contributed by atoms with E-state index in [4.69, 9.17) is 10.8 Å². The molecule has 0 aliphatic carbocycles. The molecule has 0 unspecified atom stereocenters. The normalized spacial score (nSPS) is 12.3. The van der Waals surface area contributed by atoms with Gasteiger partial charge in [-0.15, -0.1) is 0 Å². The number of rotatable bonds is 4. The SMILES string of the molecule is Cn1c(C(=O)NC[C@H](N)C(=O)O)cc2ccccc21. The number of aromatic nitrogens is 1. The Morgan fingerprint density at radius 2 is 2.11 bits per heavy atom. The van der Waals surface area contributed by atoms with Crippen LogP contribution in [0, 0.1) is 0 Å². The zero-order valence-electron chi connectivity index (χ0n) is 10.5. The molecule has 0 bridgehead atoms. The number of nitrogens with one attached hydrogen (secondary N) is 1. The number of carbonyl (C=O) groups is 2. The highest BCUT2D eigenvalue weighted by atomic mass is 16.4. The highest BCUT2D eigenvalue weighted by molar-refractivity contribution is 5.98. The van der Waals surface area contributed by atoms with Crippen molar-refractivity contribution in [3.8, 4) is 0 Å². The van der Waals surface area contributed by atoms with Gasteiger partial charge >= 0.3 is 5.97 Å². The van der Waals surface area contributed by atoms with Crippen LogP contribution in [0.15, 0.2) is 30.3 Å². The molecule has 100 valence electrons. The highest BCUT2D eigenvalue weighted by Crippen LogP contribution is 2.17. The maximum Gasteiger partial charge on any atom is 0.322 e. The van der Waals surface area contributed by atoms with E-state index in [9.17, 15) is 9.59 Å². The fourth-order valence-electron chi connectivity index (χ4n) is 1.89. The molecule has 1 heterocycles. The van der Waals surface area contributed by atoms with E-state index >= 15 is 0 Å². The van der Waals surface area contributed by atoms with Gasteiger partial charge in [0.15, 0.2) is 0 Å². The number of amides is 1. The third-order valence-electron chi connectivity index (χ3n) is 2.98. The van der Waals surface area contributed by atoms with Gasteiger partial charge in [0.05, 0.1) is 0 Å². The average Bonchev–Trinajstić information content (AvgIpc) is 2.73. The number of hydrogen-bond acceptors (Lipinski definition) is 3. The van der Waals surface area contributed by atoms with Crippen LogP contribution in [0.1, 0.15) is 10.5 Å². The number of nitrogens with two attached hydrogens (primary N) is 1. The van der Waals surface area contributed by atoms with E-state index in [1.54, 1.807) is 17.7 Å². The lowest BCUT2D eigenvalue weighted by molar-refractivity contribution is -0.138. The maximum atomic E-state index is 12.0. The van der Waals surface area contributed by atoms with Gasteiger partial charge in [0.1, 0.15) is 11.7 Å². The largest absolute Gasteiger partial charge is 0.480 e. The first-order valence-corrected chi connectivity index (χ1v) is 5.81. The Bertz CT molecular complexity index is 633. The Morgan fingerprint density at radius 1 is 1.42 bits per heavy atom. The summed E-state index contributed by atoms with van der Waals surface area (Å²) in [6.07, 6.45) is 0. The second-order valence-corrected chi connectivity index (χ2v) is 4.30. The Balaban J connectivity index is 2.18.